The molecule has 1 heterocycles. The van der Waals surface area contributed by atoms with Crippen molar-refractivity contribution >= 4 is 49.8 Å². The van der Waals surface area contributed by atoms with E-state index in [9.17, 15) is 13.2 Å². The van der Waals surface area contributed by atoms with E-state index >= 15 is 0 Å². The lowest BCUT2D eigenvalue weighted by atomic mass is 10.2. The van der Waals surface area contributed by atoms with E-state index in [1.54, 1.807) is 42.1 Å². The summed E-state index contributed by atoms with van der Waals surface area (Å²) in [7, 11) is -3.72. The van der Waals surface area contributed by atoms with Crippen LogP contribution >= 0.6 is 23.1 Å². The first kappa shape index (κ1) is 19.3. The largest absolute Gasteiger partial charge is 0.296 e. The molecule has 7 nitrogen and oxygen atoms in total. The summed E-state index contributed by atoms with van der Waals surface area (Å²) in [5, 5.41) is 10.9. The van der Waals surface area contributed by atoms with E-state index in [0.717, 1.165) is 10.1 Å². The maximum atomic E-state index is 12.4. The molecular weight excluding hydrogens is 404 g/mol. The molecule has 0 aliphatic carbocycles. The lowest BCUT2D eigenvalue weighted by molar-refractivity contribution is 0.102. The smallest absolute Gasteiger partial charge is 0.261 e. The molecular formula is C17H16N4O3S3. The molecule has 3 rings (SSSR count). The van der Waals surface area contributed by atoms with Gasteiger partial charge >= 0.3 is 0 Å². The lowest BCUT2D eigenvalue weighted by Gasteiger charge is -2.08. The molecule has 10 heteroatoms. The Morgan fingerprint density at radius 3 is 2.44 bits per heavy atom. The Hall–Kier alpha value is -2.43. The third kappa shape index (κ3) is 5.06. The number of aromatic nitrogens is 2. The van der Waals surface area contributed by atoms with Crippen molar-refractivity contribution in [2.24, 2.45) is 0 Å². The average molecular weight is 421 g/mol. The molecule has 0 radical (unpaired) electrons. The first-order valence-corrected chi connectivity index (χ1v) is 11.2. The third-order valence-corrected chi connectivity index (χ3v) is 6.60. The van der Waals surface area contributed by atoms with Gasteiger partial charge in [0.2, 0.25) is 5.13 Å². The highest BCUT2D eigenvalue weighted by Crippen LogP contribution is 2.25. The van der Waals surface area contributed by atoms with Crippen molar-refractivity contribution in [2.45, 2.75) is 16.2 Å². The number of hydrogen-bond acceptors (Lipinski definition) is 7. The highest BCUT2D eigenvalue weighted by molar-refractivity contribution is 8.01. The van der Waals surface area contributed by atoms with Crippen LogP contribution in [0.5, 0.6) is 0 Å². The molecule has 0 atom stereocenters. The second kappa shape index (κ2) is 8.51. The molecule has 0 aliphatic rings. The predicted octanol–water partition coefficient (Wildman–Crippen LogP) is 3.70. The van der Waals surface area contributed by atoms with Gasteiger partial charge < -0.3 is 0 Å². The highest BCUT2D eigenvalue weighted by Gasteiger charge is 2.16. The van der Waals surface area contributed by atoms with E-state index in [0.29, 0.717) is 16.4 Å². The van der Waals surface area contributed by atoms with Gasteiger partial charge in [0, 0.05) is 11.3 Å². The fourth-order valence-corrected chi connectivity index (χ4v) is 4.82. The number of sulfonamides is 1. The van der Waals surface area contributed by atoms with Crippen molar-refractivity contribution in [1.82, 2.24) is 10.2 Å². The number of amides is 1. The maximum absolute atomic E-state index is 12.4. The molecule has 0 saturated carbocycles. The van der Waals surface area contributed by atoms with Gasteiger partial charge in [0.05, 0.1) is 4.90 Å². The zero-order valence-electron chi connectivity index (χ0n) is 14.2. The summed E-state index contributed by atoms with van der Waals surface area (Å²) in [6.45, 7) is 2.01. The second-order valence-corrected chi connectivity index (χ2v) is 9.43. The van der Waals surface area contributed by atoms with Crippen molar-refractivity contribution < 1.29 is 13.2 Å². The lowest BCUT2D eigenvalue weighted by Crippen LogP contribution is -2.14. The van der Waals surface area contributed by atoms with Crippen molar-refractivity contribution in [1.29, 1.82) is 0 Å². The number of hydrogen-bond donors (Lipinski definition) is 2. The van der Waals surface area contributed by atoms with Crippen LogP contribution in [0.25, 0.3) is 0 Å². The Bertz CT molecular complexity index is 1020. The minimum atomic E-state index is -3.72. The summed E-state index contributed by atoms with van der Waals surface area (Å²) in [5.74, 6) is 0.495. The van der Waals surface area contributed by atoms with Gasteiger partial charge in [-0.05, 0) is 42.2 Å². The van der Waals surface area contributed by atoms with Crippen LogP contribution in [-0.4, -0.2) is 30.3 Å². The van der Waals surface area contributed by atoms with Gasteiger partial charge in [-0.1, -0.05) is 48.2 Å². The molecule has 0 fully saturated rings. The van der Waals surface area contributed by atoms with Gasteiger partial charge in [0.15, 0.2) is 4.34 Å². The molecule has 27 heavy (non-hydrogen) atoms. The Morgan fingerprint density at radius 1 is 1.07 bits per heavy atom. The molecule has 2 N–H and O–H groups in total. The molecule has 0 bridgehead atoms. The van der Waals surface area contributed by atoms with Gasteiger partial charge in [-0.3, -0.25) is 14.8 Å². The van der Waals surface area contributed by atoms with Crippen LogP contribution in [0.1, 0.15) is 17.3 Å². The first-order valence-electron chi connectivity index (χ1n) is 7.93. The van der Waals surface area contributed by atoms with E-state index in [4.69, 9.17) is 0 Å². The SMILES string of the molecule is CCSc1nnc(NC(=O)c2ccc(S(=O)(=O)Nc3ccccc3)cc2)s1. The second-order valence-electron chi connectivity index (χ2n) is 5.26. The summed E-state index contributed by atoms with van der Waals surface area (Å²) in [6, 6.07) is 14.3. The number of nitrogens with one attached hydrogen (secondary N) is 2. The van der Waals surface area contributed by atoms with E-state index in [-0.39, 0.29) is 10.8 Å². The van der Waals surface area contributed by atoms with Gasteiger partial charge in [0.25, 0.3) is 15.9 Å². The zero-order valence-corrected chi connectivity index (χ0v) is 16.7. The van der Waals surface area contributed by atoms with Crippen molar-refractivity contribution in [3.63, 3.8) is 0 Å². The fraction of sp³-hybridized carbons (Fsp3) is 0.118. The standard InChI is InChI=1S/C17H16N4O3S3/c1-2-25-17-20-19-16(26-17)18-15(22)12-8-10-14(11-9-12)27(23,24)21-13-6-4-3-5-7-13/h3-11,21H,2H2,1H3,(H,18,19,22). The Labute approximate surface area is 165 Å². The minimum Gasteiger partial charge on any atom is -0.296 e. The number of anilines is 2. The van der Waals surface area contributed by atoms with Crippen LogP contribution in [-0.2, 0) is 10.0 Å². The van der Waals surface area contributed by atoms with Crippen molar-refractivity contribution in [3.05, 3.63) is 60.2 Å². The normalized spacial score (nSPS) is 11.1. The van der Waals surface area contributed by atoms with Crippen molar-refractivity contribution in [3.8, 4) is 0 Å². The topological polar surface area (TPSA) is 101 Å². The highest BCUT2D eigenvalue weighted by atomic mass is 32.2. The Kier molecular flexibility index (Phi) is 6.09. The van der Waals surface area contributed by atoms with E-state index in [2.05, 4.69) is 20.2 Å². The van der Waals surface area contributed by atoms with Crippen LogP contribution in [0.15, 0.2) is 63.8 Å². The number of carbonyl (C=O) groups excluding carboxylic acids is 1. The molecule has 0 unspecified atom stereocenters. The quantitative estimate of drug-likeness (QED) is 0.446. The molecule has 2 aromatic carbocycles. The Morgan fingerprint density at radius 2 is 1.78 bits per heavy atom. The van der Waals surface area contributed by atoms with Crippen LogP contribution in [0, 0.1) is 0 Å². The minimum absolute atomic E-state index is 0.0699. The molecule has 0 saturated heterocycles. The van der Waals surface area contributed by atoms with E-state index < -0.39 is 10.0 Å². The first-order chi connectivity index (χ1) is 13.0. The fourth-order valence-electron chi connectivity index (χ4n) is 2.12. The number of rotatable bonds is 7. The summed E-state index contributed by atoms with van der Waals surface area (Å²) >= 11 is 2.84. The van der Waals surface area contributed by atoms with Crippen LogP contribution in [0.3, 0.4) is 0 Å². The van der Waals surface area contributed by atoms with Gasteiger partial charge in [0.1, 0.15) is 0 Å². The van der Waals surface area contributed by atoms with Crippen LogP contribution in [0.4, 0.5) is 10.8 Å². The molecule has 3 aromatic rings. The number of para-hydroxylation sites is 1. The van der Waals surface area contributed by atoms with Gasteiger partial charge in [-0.2, -0.15) is 0 Å². The van der Waals surface area contributed by atoms with Crippen LogP contribution in [0.2, 0.25) is 0 Å². The maximum Gasteiger partial charge on any atom is 0.261 e. The van der Waals surface area contributed by atoms with Crippen LogP contribution < -0.4 is 10.0 Å². The number of nitrogens with zero attached hydrogens (tertiary/aromatic N) is 2. The summed E-state index contributed by atoms with van der Waals surface area (Å²) < 4.78 is 28.1. The summed E-state index contributed by atoms with van der Waals surface area (Å²) in [4.78, 5) is 12.4. The van der Waals surface area contributed by atoms with Gasteiger partial charge in [-0.15, -0.1) is 10.2 Å². The molecule has 0 aliphatic heterocycles. The van der Waals surface area contributed by atoms with Gasteiger partial charge in [-0.25, -0.2) is 8.42 Å². The number of thioether (sulfide) groups is 1. The molecule has 0 spiro atoms. The number of carbonyl (C=O) groups is 1. The zero-order chi connectivity index (χ0) is 19.3. The average Bonchev–Trinajstić information content (AvgIpc) is 3.09. The summed E-state index contributed by atoms with van der Waals surface area (Å²) in [5.41, 5.74) is 0.796. The summed E-state index contributed by atoms with van der Waals surface area (Å²) in [6.07, 6.45) is 0. The monoisotopic (exact) mass is 420 g/mol. The number of benzene rings is 2. The van der Waals surface area contributed by atoms with Crippen molar-refractivity contribution in [2.75, 3.05) is 15.8 Å². The third-order valence-electron chi connectivity index (χ3n) is 3.35. The molecule has 140 valence electrons. The molecule has 1 aromatic heterocycles. The molecule has 1 amide bonds. The predicted molar refractivity (Wildman–Crippen MR) is 108 cm³/mol. The van der Waals surface area contributed by atoms with E-state index in [1.807, 2.05) is 6.92 Å². The Balaban J connectivity index is 1.69. The van der Waals surface area contributed by atoms with E-state index in [1.165, 1.54) is 35.6 Å².